The van der Waals surface area contributed by atoms with Crippen molar-refractivity contribution in [2.45, 2.75) is 19.4 Å². The number of hydrogen-bond acceptors (Lipinski definition) is 7. The number of nitrogens with one attached hydrogen (secondary N) is 2. The van der Waals surface area contributed by atoms with Crippen LogP contribution in [0.15, 0.2) is 101 Å². The van der Waals surface area contributed by atoms with E-state index >= 15 is 0 Å². The van der Waals surface area contributed by atoms with Gasteiger partial charge in [0.25, 0.3) is 5.56 Å². The monoisotopic (exact) mass is 591 g/mol. The second-order valence-corrected chi connectivity index (χ2v) is 9.75. The standard InChI is InChI=1S/C30H27Cl2N5O4/c1-2-41-30(40)20-8-11-22(12-9-20)36-29(39)26(14-19-6-4-3-5-7-19)37-18-35-25(16-28(37)38)23-15-21(31)10-13-24(23)34-17-27(32)33/h3-13,15-18,26,34H,2,14,33H2,1H3,(H,36,39)/b27-17-. The summed E-state index contributed by atoms with van der Waals surface area (Å²) < 4.78 is 6.29. The van der Waals surface area contributed by atoms with Crippen LogP contribution >= 0.6 is 23.2 Å². The van der Waals surface area contributed by atoms with Crippen LogP contribution in [0.1, 0.15) is 28.9 Å². The Kier molecular flexibility index (Phi) is 9.78. The molecule has 0 radical (unpaired) electrons. The van der Waals surface area contributed by atoms with Crippen LogP contribution < -0.4 is 21.9 Å². The van der Waals surface area contributed by atoms with E-state index in [0.29, 0.717) is 33.2 Å². The van der Waals surface area contributed by atoms with E-state index in [1.807, 2.05) is 30.3 Å². The lowest BCUT2D eigenvalue weighted by Gasteiger charge is -2.20. The molecule has 1 unspecified atom stereocenters. The summed E-state index contributed by atoms with van der Waals surface area (Å²) in [6, 6.07) is 21.1. The Hall–Kier alpha value is -4.60. The van der Waals surface area contributed by atoms with Gasteiger partial charge in [-0.25, -0.2) is 9.78 Å². The zero-order valence-corrected chi connectivity index (χ0v) is 23.5. The third-order valence-electron chi connectivity index (χ3n) is 6.03. The lowest BCUT2D eigenvalue weighted by Crippen LogP contribution is -2.34. The van der Waals surface area contributed by atoms with Crippen molar-refractivity contribution in [2.75, 3.05) is 17.2 Å². The largest absolute Gasteiger partial charge is 0.462 e. The van der Waals surface area contributed by atoms with Crippen molar-refractivity contribution in [2.24, 2.45) is 5.73 Å². The van der Waals surface area contributed by atoms with Crippen molar-refractivity contribution in [3.05, 3.63) is 123 Å². The van der Waals surface area contributed by atoms with Gasteiger partial charge in [-0.2, -0.15) is 0 Å². The summed E-state index contributed by atoms with van der Waals surface area (Å²) in [6.45, 7) is 1.98. The number of amides is 1. The molecule has 1 amide bonds. The predicted molar refractivity (Wildman–Crippen MR) is 161 cm³/mol. The zero-order valence-electron chi connectivity index (χ0n) is 22.0. The number of halogens is 2. The maximum absolute atomic E-state index is 13.5. The number of benzene rings is 3. The molecule has 0 saturated carbocycles. The van der Waals surface area contributed by atoms with Crippen molar-refractivity contribution >= 4 is 46.5 Å². The number of rotatable bonds is 10. The van der Waals surface area contributed by atoms with Crippen LogP contribution in [0.2, 0.25) is 5.02 Å². The Balaban J connectivity index is 1.66. The second kappa shape index (κ2) is 13.6. The molecular weight excluding hydrogens is 565 g/mol. The number of ether oxygens (including phenoxy) is 1. The van der Waals surface area contributed by atoms with Gasteiger partial charge in [-0.1, -0.05) is 53.5 Å². The average Bonchev–Trinajstić information content (AvgIpc) is 2.96. The minimum absolute atomic E-state index is 0.0413. The fourth-order valence-electron chi connectivity index (χ4n) is 4.08. The van der Waals surface area contributed by atoms with Crippen LogP contribution in [0.4, 0.5) is 11.4 Å². The van der Waals surface area contributed by atoms with Crippen molar-refractivity contribution in [1.82, 2.24) is 9.55 Å². The maximum Gasteiger partial charge on any atom is 0.338 e. The van der Waals surface area contributed by atoms with Crippen molar-refractivity contribution in [3.63, 3.8) is 0 Å². The van der Waals surface area contributed by atoms with Crippen molar-refractivity contribution in [3.8, 4) is 11.3 Å². The van der Waals surface area contributed by atoms with E-state index < -0.39 is 23.5 Å². The van der Waals surface area contributed by atoms with E-state index in [-0.39, 0.29) is 18.2 Å². The van der Waals surface area contributed by atoms with Crippen LogP contribution in [-0.4, -0.2) is 28.0 Å². The first-order chi connectivity index (χ1) is 19.7. The highest BCUT2D eigenvalue weighted by Crippen LogP contribution is 2.29. The van der Waals surface area contributed by atoms with Crippen molar-refractivity contribution < 1.29 is 14.3 Å². The van der Waals surface area contributed by atoms with Crippen LogP contribution in [0.25, 0.3) is 11.3 Å². The highest BCUT2D eigenvalue weighted by atomic mass is 35.5. The van der Waals surface area contributed by atoms with Crippen LogP contribution in [0.5, 0.6) is 0 Å². The summed E-state index contributed by atoms with van der Waals surface area (Å²) in [4.78, 5) is 43.4. The molecule has 0 spiro atoms. The smallest absolute Gasteiger partial charge is 0.338 e. The van der Waals surface area contributed by atoms with Gasteiger partial charge in [0, 0.05) is 40.6 Å². The predicted octanol–water partition coefficient (Wildman–Crippen LogP) is 5.57. The van der Waals surface area contributed by atoms with E-state index in [0.717, 1.165) is 5.56 Å². The fraction of sp³-hybridized carbons (Fsp3) is 0.133. The molecule has 0 aliphatic rings. The molecule has 4 rings (SSSR count). The molecule has 4 N–H and O–H groups in total. The summed E-state index contributed by atoms with van der Waals surface area (Å²) >= 11 is 12.0. The summed E-state index contributed by atoms with van der Waals surface area (Å²) in [5, 5.41) is 6.29. The Morgan fingerprint density at radius 1 is 1.07 bits per heavy atom. The molecule has 9 nitrogen and oxygen atoms in total. The average molecular weight is 592 g/mol. The number of nitrogens with two attached hydrogens (primary N) is 1. The first-order valence-electron chi connectivity index (χ1n) is 12.6. The Bertz CT molecular complexity index is 1620. The highest BCUT2D eigenvalue weighted by Gasteiger charge is 2.23. The molecule has 0 aliphatic carbocycles. The van der Waals surface area contributed by atoms with Gasteiger partial charge in [-0.05, 0) is 55.0 Å². The SMILES string of the molecule is CCOC(=O)c1ccc(NC(=O)C(Cc2ccccc2)n2cnc(-c3cc(Cl)ccc3N/C=C(\N)Cl)cc2=O)cc1. The molecule has 0 saturated heterocycles. The number of nitrogens with zero attached hydrogens (tertiary/aromatic N) is 2. The van der Waals surface area contributed by atoms with Gasteiger partial charge < -0.3 is 21.1 Å². The van der Waals surface area contributed by atoms with E-state index in [4.69, 9.17) is 33.7 Å². The van der Waals surface area contributed by atoms with Gasteiger partial charge in [0.15, 0.2) is 0 Å². The molecular formula is C30H27Cl2N5O4. The molecule has 0 fully saturated rings. The van der Waals surface area contributed by atoms with Gasteiger partial charge >= 0.3 is 5.97 Å². The molecule has 4 aromatic rings. The number of esters is 1. The Morgan fingerprint density at radius 3 is 2.46 bits per heavy atom. The molecule has 0 bridgehead atoms. The van der Waals surface area contributed by atoms with Gasteiger partial charge in [0.1, 0.15) is 11.2 Å². The number of carbonyl (C=O) groups is 2. The lowest BCUT2D eigenvalue weighted by atomic mass is 10.0. The van der Waals surface area contributed by atoms with E-state index in [9.17, 15) is 14.4 Å². The molecule has 0 aliphatic heterocycles. The minimum atomic E-state index is -0.924. The Morgan fingerprint density at radius 2 is 1.80 bits per heavy atom. The molecule has 11 heteroatoms. The first-order valence-corrected chi connectivity index (χ1v) is 13.4. The molecule has 210 valence electrons. The summed E-state index contributed by atoms with van der Waals surface area (Å²) in [5.41, 5.74) is 8.22. The maximum atomic E-state index is 13.5. The summed E-state index contributed by atoms with van der Waals surface area (Å²) in [7, 11) is 0. The van der Waals surface area contributed by atoms with Gasteiger partial charge in [-0.15, -0.1) is 0 Å². The van der Waals surface area contributed by atoms with Crippen molar-refractivity contribution in [1.29, 1.82) is 0 Å². The molecule has 1 heterocycles. The number of aromatic nitrogens is 2. The van der Waals surface area contributed by atoms with Gasteiger partial charge in [-0.3, -0.25) is 14.2 Å². The number of hydrogen-bond donors (Lipinski definition) is 3. The molecule has 1 aromatic heterocycles. The third kappa shape index (κ3) is 7.75. The second-order valence-electron chi connectivity index (χ2n) is 8.88. The first kappa shape index (κ1) is 29.4. The Labute approximate surface area is 246 Å². The van der Waals surface area contributed by atoms with E-state index in [1.54, 1.807) is 49.4 Å². The molecule has 41 heavy (non-hydrogen) atoms. The van der Waals surface area contributed by atoms with Crippen LogP contribution in [0, 0.1) is 0 Å². The van der Waals surface area contributed by atoms with Gasteiger partial charge in [0.2, 0.25) is 5.91 Å². The van der Waals surface area contributed by atoms with E-state index in [2.05, 4.69) is 15.6 Å². The number of carbonyl (C=O) groups excluding carboxylic acids is 2. The normalized spacial score (nSPS) is 11.9. The zero-order chi connectivity index (χ0) is 29.4. The minimum Gasteiger partial charge on any atom is -0.462 e. The topological polar surface area (TPSA) is 128 Å². The molecule has 3 aromatic carbocycles. The van der Waals surface area contributed by atoms with Crippen LogP contribution in [0.3, 0.4) is 0 Å². The fourth-order valence-corrected chi connectivity index (χ4v) is 4.30. The summed E-state index contributed by atoms with van der Waals surface area (Å²) in [6.07, 6.45) is 2.97. The van der Waals surface area contributed by atoms with E-state index in [1.165, 1.54) is 23.2 Å². The summed E-state index contributed by atoms with van der Waals surface area (Å²) in [5.74, 6) is -0.882. The number of anilines is 2. The van der Waals surface area contributed by atoms with Crippen LogP contribution in [-0.2, 0) is 16.0 Å². The third-order valence-corrected chi connectivity index (χ3v) is 6.38. The lowest BCUT2D eigenvalue weighted by molar-refractivity contribution is -0.119. The van der Waals surface area contributed by atoms with Gasteiger partial charge in [0.05, 0.1) is 24.2 Å². The highest BCUT2D eigenvalue weighted by molar-refractivity contribution is 6.31. The molecule has 1 atom stereocenters. The quantitative estimate of drug-likeness (QED) is 0.162.